The van der Waals surface area contributed by atoms with Crippen LogP contribution in [-0.2, 0) is 0 Å². The molecule has 8 rings (SSSR count). The van der Waals surface area contributed by atoms with Gasteiger partial charge in [0.2, 0.25) is 11.5 Å². The molecule has 12 heteroatoms. The molecule has 0 amide bonds. The summed E-state index contributed by atoms with van der Waals surface area (Å²) >= 11 is 0. The summed E-state index contributed by atoms with van der Waals surface area (Å²) < 4.78 is 23.1. The fourth-order valence-electron chi connectivity index (χ4n) is 6.55. The zero-order valence-electron chi connectivity index (χ0n) is 35.9. The van der Waals surface area contributed by atoms with Crippen LogP contribution in [0.5, 0.6) is 46.0 Å². The number of nitro groups is 2. The number of nitrogen functional groups attached to an aromatic ring is 2. The van der Waals surface area contributed by atoms with Crippen molar-refractivity contribution < 1.29 is 28.8 Å². The van der Waals surface area contributed by atoms with Crippen LogP contribution in [0.2, 0.25) is 0 Å². The van der Waals surface area contributed by atoms with E-state index in [0.29, 0.717) is 34.4 Å². The molecule has 0 fully saturated rings. The van der Waals surface area contributed by atoms with Crippen LogP contribution in [0, 0.1) is 20.2 Å². The number of rotatable bonds is 14. The standard InChI is InChI=1S/C27H20N2O6.C27H24N2O2/c1-19(21-12-16-23(17-13-21)35-27-9-5-3-7-25(27)29(32)33)18-20-10-14-22(15-11-20)34-26-8-4-2-6-24(26)28(30)31;1-19(21-12-16-23(17-13-21)31-27-9-5-3-7-25(27)29)18-20-10-14-22(15-11-20)30-26-8-4-2-6-24(26)28/h2-18H,1H3;2-18H,28-29H2,1H3/b2*19-18+. The highest BCUT2D eigenvalue weighted by Gasteiger charge is 2.16. The first kappa shape index (κ1) is 44.9. The second kappa shape index (κ2) is 21.3. The van der Waals surface area contributed by atoms with Gasteiger partial charge in [-0.05, 0) is 132 Å². The number of hydrogen-bond donors (Lipinski definition) is 2. The maximum atomic E-state index is 11.2. The fourth-order valence-corrected chi connectivity index (χ4v) is 6.55. The third kappa shape index (κ3) is 12.1. The predicted molar refractivity (Wildman–Crippen MR) is 261 cm³/mol. The molecule has 0 unspecified atom stereocenters. The average molecular weight is 877 g/mol. The topological polar surface area (TPSA) is 175 Å². The summed E-state index contributed by atoms with van der Waals surface area (Å²) in [4.78, 5) is 21.4. The Balaban J connectivity index is 0.000000198. The molecule has 0 aliphatic heterocycles. The normalized spacial score (nSPS) is 11.1. The van der Waals surface area contributed by atoms with Crippen molar-refractivity contribution >= 4 is 46.0 Å². The van der Waals surface area contributed by atoms with Crippen LogP contribution in [0.4, 0.5) is 22.7 Å². The van der Waals surface area contributed by atoms with Crippen molar-refractivity contribution in [3.63, 3.8) is 0 Å². The zero-order valence-corrected chi connectivity index (χ0v) is 35.9. The van der Waals surface area contributed by atoms with E-state index >= 15 is 0 Å². The van der Waals surface area contributed by atoms with Crippen LogP contribution in [0.25, 0.3) is 23.3 Å². The lowest BCUT2D eigenvalue weighted by Gasteiger charge is -2.10. The van der Waals surface area contributed by atoms with Gasteiger partial charge in [-0.2, -0.15) is 0 Å². The van der Waals surface area contributed by atoms with Crippen LogP contribution < -0.4 is 30.4 Å². The molecule has 12 nitrogen and oxygen atoms in total. The maximum absolute atomic E-state index is 11.2. The first-order valence-electron chi connectivity index (χ1n) is 20.6. The summed E-state index contributed by atoms with van der Waals surface area (Å²) in [6, 6.07) is 57.7. The van der Waals surface area contributed by atoms with E-state index in [4.69, 9.17) is 30.4 Å². The second-order valence-corrected chi connectivity index (χ2v) is 14.8. The first-order chi connectivity index (χ1) is 32.0. The van der Waals surface area contributed by atoms with E-state index in [1.165, 1.54) is 12.1 Å². The highest BCUT2D eigenvalue weighted by Crippen LogP contribution is 2.34. The van der Waals surface area contributed by atoms with Crippen molar-refractivity contribution in [1.82, 2.24) is 0 Å². The molecule has 0 spiro atoms. The van der Waals surface area contributed by atoms with Gasteiger partial charge in [-0.25, -0.2) is 0 Å². The molecule has 8 aromatic carbocycles. The maximum Gasteiger partial charge on any atom is 0.311 e. The molecule has 0 saturated heterocycles. The Morgan fingerprint density at radius 1 is 0.394 bits per heavy atom. The molecule has 4 N–H and O–H groups in total. The minimum absolute atomic E-state index is 0.0954. The molecule has 0 aromatic heterocycles. The monoisotopic (exact) mass is 876 g/mol. The molecule has 8 aromatic rings. The molecule has 328 valence electrons. The van der Waals surface area contributed by atoms with Crippen molar-refractivity contribution in [1.29, 1.82) is 0 Å². The summed E-state index contributed by atoms with van der Waals surface area (Å²) in [5.41, 5.74) is 19.2. The fraction of sp³-hybridized carbons (Fsp3) is 0.0370. The number of allylic oxidation sites excluding steroid dienone is 2. The number of nitro benzene ring substituents is 2. The van der Waals surface area contributed by atoms with E-state index in [1.54, 1.807) is 60.7 Å². The largest absolute Gasteiger partial charge is 0.455 e. The quantitative estimate of drug-likeness (QED) is 0.0463. The van der Waals surface area contributed by atoms with E-state index in [2.05, 4.69) is 13.0 Å². The second-order valence-electron chi connectivity index (χ2n) is 14.8. The lowest BCUT2D eigenvalue weighted by atomic mass is 10.0. The number of nitrogens with two attached hydrogens (primary N) is 2. The van der Waals surface area contributed by atoms with Crippen molar-refractivity contribution in [2.24, 2.45) is 0 Å². The molecule has 0 saturated carbocycles. The predicted octanol–water partition coefficient (Wildman–Crippen LogP) is 14.6. The summed E-state index contributed by atoms with van der Waals surface area (Å²) in [6.07, 6.45) is 4.12. The van der Waals surface area contributed by atoms with Gasteiger partial charge in [0.25, 0.3) is 0 Å². The van der Waals surface area contributed by atoms with E-state index in [0.717, 1.165) is 44.9 Å². The molecule has 0 aliphatic rings. The van der Waals surface area contributed by atoms with Gasteiger partial charge < -0.3 is 30.4 Å². The van der Waals surface area contributed by atoms with Gasteiger partial charge in [0.05, 0.1) is 21.2 Å². The van der Waals surface area contributed by atoms with E-state index in [1.807, 2.05) is 134 Å². The number of anilines is 2. The Morgan fingerprint density at radius 2 is 0.667 bits per heavy atom. The molecule has 0 heterocycles. The first-order valence-corrected chi connectivity index (χ1v) is 20.6. The Kier molecular flexibility index (Phi) is 14.5. The minimum atomic E-state index is -0.479. The lowest BCUT2D eigenvalue weighted by molar-refractivity contribution is -0.385. The molecular weight excluding hydrogens is 833 g/mol. The van der Waals surface area contributed by atoms with Crippen LogP contribution in [0.15, 0.2) is 194 Å². The zero-order chi connectivity index (χ0) is 46.4. The Morgan fingerprint density at radius 3 is 0.985 bits per heavy atom. The summed E-state index contributed by atoms with van der Waals surface area (Å²) in [7, 11) is 0. The molecular formula is C54H44N4O8. The molecule has 66 heavy (non-hydrogen) atoms. The molecule has 0 radical (unpaired) electrons. The average Bonchev–Trinajstić information content (AvgIpc) is 3.32. The smallest absolute Gasteiger partial charge is 0.311 e. The SMILES string of the molecule is C/C(=C\c1ccc(Oc2ccccc2N)cc1)c1ccc(Oc2ccccc2N)cc1.C/C(=C\c1ccc(Oc2ccccc2[N+](=O)[O-])cc1)c1ccc(Oc2ccccc2[N+](=O)[O-])cc1. The Hall–Kier alpha value is -9.16. The number of hydrogen-bond acceptors (Lipinski definition) is 10. The summed E-state index contributed by atoms with van der Waals surface area (Å²) in [5, 5.41) is 22.3. The van der Waals surface area contributed by atoms with Gasteiger partial charge >= 0.3 is 11.4 Å². The van der Waals surface area contributed by atoms with Gasteiger partial charge in [-0.1, -0.05) is 109 Å². The highest BCUT2D eigenvalue weighted by atomic mass is 16.6. The summed E-state index contributed by atoms with van der Waals surface area (Å²) in [5.74, 6) is 4.15. The molecule has 0 atom stereocenters. The van der Waals surface area contributed by atoms with E-state index in [-0.39, 0.29) is 22.9 Å². The molecule has 0 aliphatic carbocycles. The number of ether oxygens (including phenoxy) is 4. The number of nitrogens with zero attached hydrogens (tertiary/aromatic N) is 2. The van der Waals surface area contributed by atoms with Crippen molar-refractivity contribution in [2.75, 3.05) is 11.5 Å². The van der Waals surface area contributed by atoms with Crippen molar-refractivity contribution in [2.45, 2.75) is 13.8 Å². The Labute approximate surface area is 381 Å². The molecule has 0 bridgehead atoms. The van der Waals surface area contributed by atoms with Crippen molar-refractivity contribution in [3.05, 3.63) is 237 Å². The van der Waals surface area contributed by atoms with Gasteiger partial charge in [-0.15, -0.1) is 0 Å². The van der Waals surface area contributed by atoms with Gasteiger partial charge in [-0.3, -0.25) is 20.2 Å². The van der Waals surface area contributed by atoms with Crippen LogP contribution in [0.1, 0.15) is 36.1 Å². The Bertz CT molecular complexity index is 3010. The third-order valence-electron chi connectivity index (χ3n) is 10.0. The van der Waals surface area contributed by atoms with E-state index in [9.17, 15) is 20.2 Å². The van der Waals surface area contributed by atoms with Crippen molar-refractivity contribution in [3.8, 4) is 46.0 Å². The van der Waals surface area contributed by atoms with Crippen LogP contribution in [0.3, 0.4) is 0 Å². The van der Waals surface area contributed by atoms with Gasteiger partial charge in [0.15, 0.2) is 0 Å². The van der Waals surface area contributed by atoms with Crippen LogP contribution in [-0.4, -0.2) is 9.85 Å². The summed E-state index contributed by atoms with van der Waals surface area (Å²) in [6.45, 7) is 4.05. The lowest BCUT2D eigenvalue weighted by Crippen LogP contribution is -1.93. The van der Waals surface area contributed by atoms with Crippen LogP contribution >= 0.6 is 0 Å². The number of para-hydroxylation sites is 8. The van der Waals surface area contributed by atoms with E-state index < -0.39 is 9.85 Å². The highest BCUT2D eigenvalue weighted by molar-refractivity contribution is 5.81. The minimum Gasteiger partial charge on any atom is -0.455 e. The van der Waals surface area contributed by atoms with Gasteiger partial charge in [0.1, 0.15) is 34.5 Å². The third-order valence-corrected chi connectivity index (χ3v) is 10.0. The number of benzene rings is 8. The van der Waals surface area contributed by atoms with Gasteiger partial charge in [0, 0.05) is 12.1 Å².